The summed E-state index contributed by atoms with van der Waals surface area (Å²) in [5, 5.41) is 10.4. The highest BCUT2D eigenvalue weighted by Gasteiger charge is 2.58. The number of carbonyl (C=O) groups is 1. The molecule has 3 fully saturated rings. The van der Waals surface area contributed by atoms with Gasteiger partial charge < -0.3 is 5.11 Å². The Balaban J connectivity index is 1.69. The van der Waals surface area contributed by atoms with E-state index < -0.39 is 0 Å². The lowest BCUT2D eigenvalue weighted by molar-refractivity contribution is -0.118. The molecule has 0 bridgehead atoms. The van der Waals surface area contributed by atoms with Gasteiger partial charge in [0.2, 0.25) is 0 Å². The molecule has 0 heterocycles. The van der Waals surface area contributed by atoms with Crippen LogP contribution in [0.25, 0.3) is 0 Å². The van der Waals surface area contributed by atoms with Crippen molar-refractivity contribution in [2.75, 3.05) is 0 Å². The Labute approximate surface area is 128 Å². The first kappa shape index (κ1) is 14.0. The van der Waals surface area contributed by atoms with Crippen LogP contribution >= 0.6 is 0 Å². The Morgan fingerprint density at radius 1 is 1.05 bits per heavy atom. The van der Waals surface area contributed by atoms with Gasteiger partial charge in [-0.2, -0.15) is 0 Å². The summed E-state index contributed by atoms with van der Waals surface area (Å²) in [7, 11) is 0. The number of carbonyl (C=O) groups excluding carboxylic acids is 1. The summed E-state index contributed by atoms with van der Waals surface area (Å²) in [5.74, 6) is 2.57. The van der Waals surface area contributed by atoms with Crippen LogP contribution in [0.2, 0.25) is 0 Å². The Morgan fingerprint density at radius 3 is 2.67 bits per heavy atom. The van der Waals surface area contributed by atoms with Crippen molar-refractivity contribution < 1.29 is 9.90 Å². The number of rotatable bonds is 0. The van der Waals surface area contributed by atoms with Crippen molar-refractivity contribution in [3.8, 4) is 0 Å². The van der Waals surface area contributed by atoms with Crippen molar-refractivity contribution >= 4 is 5.78 Å². The van der Waals surface area contributed by atoms with Gasteiger partial charge in [-0.05, 0) is 79.6 Å². The van der Waals surface area contributed by atoms with Crippen LogP contribution in [0.5, 0.6) is 0 Å². The van der Waals surface area contributed by atoms with Crippen molar-refractivity contribution in [3.63, 3.8) is 0 Å². The number of aliphatic hydroxyl groups excluding tert-OH is 1. The van der Waals surface area contributed by atoms with Crippen LogP contribution in [0, 0.1) is 28.6 Å². The normalized spacial score (nSPS) is 52.7. The third-order valence-corrected chi connectivity index (χ3v) is 7.91. The third kappa shape index (κ3) is 1.78. The van der Waals surface area contributed by atoms with Gasteiger partial charge >= 0.3 is 0 Å². The number of hydrogen-bond donors (Lipinski definition) is 1. The zero-order valence-corrected chi connectivity index (χ0v) is 13.4. The smallest absolute Gasteiger partial charge is 0.155 e. The molecule has 116 valence electrons. The van der Waals surface area contributed by atoms with Gasteiger partial charge in [-0.3, -0.25) is 4.79 Å². The molecule has 0 aliphatic heterocycles. The lowest BCUT2D eigenvalue weighted by Crippen LogP contribution is -2.51. The zero-order valence-electron chi connectivity index (χ0n) is 13.4. The molecule has 0 radical (unpaired) electrons. The number of allylic oxidation sites excluding steroid dienone is 1. The van der Waals surface area contributed by atoms with E-state index in [0.717, 1.165) is 37.5 Å². The SMILES string of the molecule is C[C@]12CC[C@@H]3[C@H](CCC4=CC(=O)CC[C@]43C)[C@@H]1CC[C@H]2O. The lowest BCUT2D eigenvalue weighted by atomic mass is 9.47. The fraction of sp³-hybridized carbons (Fsp3) is 0.842. The second-order valence-corrected chi connectivity index (χ2v) is 8.61. The monoisotopic (exact) mass is 288 g/mol. The van der Waals surface area contributed by atoms with Crippen LogP contribution in [-0.4, -0.2) is 17.0 Å². The number of fused-ring (bicyclic) bond motifs is 5. The van der Waals surface area contributed by atoms with Gasteiger partial charge in [0.25, 0.3) is 0 Å². The van der Waals surface area contributed by atoms with Crippen molar-refractivity contribution in [2.24, 2.45) is 28.6 Å². The van der Waals surface area contributed by atoms with Crippen molar-refractivity contribution in [1.82, 2.24) is 0 Å². The summed E-state index contributed by atoms with van der Waals surface area (Å²) in [6, 6.07) is 0. The van der Waals surface area contributed by atoms with Crippen LogP contribution in [0.3, 0.4) is 0 Å². The third-order valence-electron chi connectivity index (χ3n) is 7.91. The minimum Gasteiger partial charge on any atom is -0.393 e. The van der Waals surface area contributed by atoms with E-state index in [1.807, 2.05) is 6.08 Å². The molecular formula is C19H28O2. The molecule has 0 spiro atoms. The van der Waals surface area contributed by atoms with Crippen LogP contribution in [0.1, 0.15) is 65.2 Å². The fourth-order valence-corrected chi connectivity index (χ4v) is 6.53. The second kappa shape index (κ2) is 4.44. The van der Waals surface area contributed by atoms with Crippen LogP contribution in [0.15, 0.2) is 11.6 Å². The molecule has 3 saturated carbocycles. The minimum absolute atomic E-state index is 0.0823. The second-order valence-electron chi connectivity index (χ2n) is 8.61. The van der Waals surface area contributed by atoms with Crippen LogP contribution in [0.4, 0.5) is 0 Å². The summed E-state index contributed by atoms with van der Waals surface area (Å²) in [6.07, 6.45) is 10.7. The van der Waals surface area contributed by atoms with Gasteiger partial charge in [0.1, 0.15) is 0 Å². The molecule has 4 rings (SSSR count). The summed E-state index contributed by atoms with van der Waals surface area (Å²) in [5.41, 5.74) is 1.89. The molecule has 6 atom stereocenters. The summed E-state index contributed by atoms with van der Waals surface area (Å²) in [6.45, 7) is 4.76. The fourth-order valence-electron chi connectivity index (χ4n) is 6.53. The molecular weight excluding hydrogens is 260 g/mol. The molecule has 21 heavy (non-hydrogen) atoms. The van der Waals surface area contributed by atoms with Crippen LogP contribution < -0.4 is 0 Å². The standard InChI is InChI=1S/C19H28O2/c1-18-9-7-13(20)11-12(18)3-4-14-15-5-6-17(21)19(15,2)10-8-16(14)18/h11,14-17,21H,3-10H2,1-2H3/t14-,15+,16-,17-,18-,19+/m1/s1. The molecule has 0 amide bonds. The van der Waals surface area contributed by atoms with E-state index in [1.54, 1.807) is 0 Å². The van der Waals surface area contributed by atoms with E-state index in [1.165, 1.54) is 31.3 Å². The van der Waals surface area contributed by atoms with E-state index in [9.17, 15) is 9.90 Å². The highest BCUT2D eigenvalue weighted by molar-refractivity contribution is 5.91. The Bertz CT molecular complexity index is 508. The van der Waals surface area contributed by atoms with E-state index in [0.29, 0.717) is 11.7 Å². The Kier molecular flexibility index (Phi) is 2.96. The average molecular weight is 288 g/mol. The highest BCUT2D eigenvalue weighted by atomic mass is 16.3. The Morgan fingerprint density at radius 2 is 1.86 bits per heavy atom. The van der Waals surface area contributed by atoms with Gasteiger partial charge in [0.15, 0.2) is 5.78 Å². The molecule has 4 aliphatic rings. The van der Waals surface area contributed by atoms with E-state index >= 15 is 0 Å². The maximum atomic E-state index is 11.8. The molecule has 0 aromatic rings. The minimum atomic E-state index is -0.0823. The lowest BCUT2D eigenvalue weighted by Gasteiger charge is -2.57. The van der Waals surface area contributed by atoms with Crippen molar-refractivity contribution in [1.29, 1.82) is 0 Å². The topological polar surface area (TPSA) is 37.3 Å². The number of hydrogen-bond acceptors (Lipinski definition) is 2. The predicted octanol–water partition coefficient (Wildman–Crippen LogP) is 3.88. The first-order chi connectivity index (χ1) is 9.95. The molecule has 0 saturated heterocycles. The van der Waals surface area contributed by atoms with Crippen LogP contribution in [-0.2, 0) is 4.79 Å². The predicted molar refractivity (Wildman–Crippen MR) is 82.7 cm³/mol. The van der Waals surface area contributed by atoms with Crippen molar-refractivity contribution in [3.05, 3.63) is 11.6 Å². The van der Waals surface area contributed by atoms with Gasteiger partial charge in [-0.25, -0.2) is 0 Å². The van der Waals surface area contributed by atoms with Gasteiger partial charge in [-0.1, -0.05) is 19.4 Å². The maximum absolute atomic E-state index is 11.8. The Hall–Kier alpha value is -0.630. The number of aliphatic hydroxyl groups is 1. The largest absolute Gasteiger partial charge is 0.393 e. The van der Waals surface area contributed by atoms with E-state index in [4.69, 9.17) is 0 Å². The average Bonchev–Trinajstić information content (AvgIpc) is 2.76. The molecule has 1 N–H and O–H groups in total. The quantitative estimate of drug-likeness (QED) is 0.734. The van der Waals surface area contributed by atoms with Gasteiger partial charge in [-0.15, -0.1) is 0 Å². The van der Waals surface area contributed by atoms with Gasteiger partial charge in [0.05, 0.1) is 6.10 Å². The number of ketones is 1. The molecule has 2 nitrogen and oxygen atoms in total. The first-order valence-corrected chi connectivity index (χ1v) is 8.87. The van der Waals surface area contributed by atoms with E-state index in [2.05, 4.69) is 13.8 Å². The maximum Gasteiger partial charge on any atom is 0.155 e. The molecule has 0 aromatic heterocycles. The molecule has 0 aromatic carbocycles. The van der Waals surface area contributed by atoms with Gasteiger partial charge in [0, 0.05) is 6.42 Å². The summed E-state index contributed by atoms with van der Waals surface area (Å²) >= 11 is 0. The molecule has 2 heteroatoms. The first-order valence-electron chi connectivity index (χ1n) is 8.87. The molecule has 4 aliphatic carbocycles. The zero-order chi connectivity index (χ0) is 14.8. The molecule has 0 unspecified atom stereocenters. The highest BCUT2D eigenvalue weighted by Crippen LogP contribution is 2.65. The van der Waals surface area contributed by atoms with E-state index in [-0.39, 0.29) is 16.9 Å². The van der Waals surface area contributed by atoms with Crippen molar-refractivity contribution in [2.45, 2.75) is 71.3 Å². The summed E-state index contributed by atoms with van der Waals surface area (Å²) < 4.78 is 0. The summed E-state index contributed by atoms with van der Waals surface area (Å²) in [4.78, 5) is 11.8.